The van der Waals surface area contributed by atoms with Crippen LogP contribution in [0.4, 0.5) is 0 Å². The molecule has 2 aliphatic carbocycles. The highest BCUT2D eigenvalue weighted by molar-refractivity contribution is 5.73. The highest BCUT2D eigenvalue weighted by Gasteiger charge is 2.72. The van der Waals surface area contributed by atoms with Crippen molar-refractivity contribution in [1.82, 2.24) is 4.90 Å². The Morgan fingerprint density at radius 2 is 1.97 bits per heavy atom. The average molecular weight is 506 g/mol. The lowest BCUT2D eigenvalue weighted by molar-refractivity contribution is -0.271. The summed E-state index contributed by atoms with van der Waals surface area (Å²) in [5.41, 5.74) is -0.284. The Balaban J connectivity index is 1.42. The van der Waals surface area contributed by atoms with Crippen molar-refractivity contribution in [3.63, 3.8) is 0 Å². The lowest BCUT2D eigenvalue weighted by Gasteiger charge is -2.63. The molecule has 6 rings (SSSR count). The monoisotopic (exact) mass is 505 g/mol. The second-order valence-corrected chi connectivity index (χ2v) is 10.6. The SMILES string of the molecule is C=CCN1CC[C@]23c4c5ccc(O[C@@H]6O[C@H](C(=O)O)[C@@H](O)[C@H](O)[C@H]6O)c4O[C@H]2[C@@H](O)CC[C@@]3(O)[C@H]1C5. The number of likely N-dealkylation sites (tertiary alicyclic amines) is 1. The van der Waals surface area contributed by atoms with Crippen LogP contribution < -0.4 is 9.47 Å². The van der Waals surface area contributed by atoms with Gasteiger partial charge in [-0.3, -0.25) is 4.90 Å². The van der Waals surface area contributed by atoms with Gasteiger partial charge in [0.05, 0.1) is 17.1 Å². The molecule has 0 unspecified atom stereocenters. The molecule has 6 N–H and O–H groups in total. The van der Waals surface area contributed by atoms with Crippen molar-refractivity contribution in [2.24, 2.45) is 0 Å². The summed E-state index contributed by atoms with van der Waals surface area (Å²) in [7, 11) is 0. The minimum Gasteiger partial charge on any atom is -0.482 e. The molecule has 0 aromatic heterocycles. The van der Waals surface area contributed by atoms with Gasteiger partial charge in [0.1, 0.15) is 24.4 Å². The number of aliphatic carboxylic acids is 1. The second kappa shape index (κ2) is 8.12. The molecule has 0 radical (unpaired) electrons. The molecule has 1 spiro atoms. The van der Waals surface area contributed by atoms with E-state index in [0.29, 0.717) is 44.5 Å². The maximum atomic E-state index is 12.2. The molecule has 1 saturated carbocycles. The Bertz CT molecular complexity index is 1100. The third-order valence-corrected chi connectivity index (χ3v) is 8.95. The summed E-state index contributed by atoms with van der Waals surface area (Å²) in [4.78, 5) is 13.7. The first-order valence-corrected chi connectivity index (χ1v) is 12.3. The van der Waals surface area contributed by atoms with E-state index in [2.05, 4.69) is 11.5 Å². The molecule has 1 aromatic rings. The first kappa shape index (κ1) is 24.1. The van der Waals surface area contributed by atoms with Crippen molar-refractivity contribution in [3.05, 3.63) is 35.9 Å². The fourth-order valence-electron chi connectivity index (χ4n) is 7.35. The zero-order valence-electron chi connectivity index (χ0n) is 19.6. The van der Waals surface area contributed by atoms with Gasteiger partial charge in [0.25, 0.3) is 0 Å². The molecule has 36 heavy (non-hydrogen) atoms. The molecule has 5 aliphatic rings. The number of piperidine rings is 1. The van der Waals surface area contributed by atoms with Gasteiger partial charge in [-0.05, 0) is 43.9 Å². The summed E-state index contributed by atoms with van der Waals surface area (Å²) in [5, 5.41) is 63.2. The number of hydrogen-bond acceptors (Lipinski definition) is 10. The van der Waals surface area contributed by atoms with E-state index >= 15 is 0 Å². The molecule has 3 heterocycles. The Morgan fingerprint density at radius 3 is 2.69 bits per heavy atom. The quantitative estimate of drug-likeness (QED) is 0.262. The Hall–Kier alpha value is -2.25. The van der Waals surface area contributed by atoms with Crippen LogP contribution in [0.15, 0.2) is 24.8 Å². The fraction of sp³-hybridized carbons (Fsp3) is 0.640. The molecule has 196 valence electrons. The van der Waals surface area contributed by atoms with Gasteiger partial charge in [0, 0.05) is 18.2 Å². The molecule has 0 amide bonds. The molecule has 2 bridgehead atoms. The van der Waals surface area contributed by atoms with Crippen LogP contribution in [0.5, 0.6) is 11.5 Å². The number of rotatable bonds is 5. The molecule has 3 fully saturated rings. The summed E-state index contributed by atoms with van der Waals surface area (Å²) in [6, 6.07) is 3.29. The number of carboxylic acids is 1. The van der Waals surface area contributed by atoms with E-state index in [1.165, 1.54) is 0 Å². The number of benzene rings is 1. The standard InChI is InChI=1S/C25H31NO10/c1-2-8-26-9-7-24-15-11-3-4-13(34-23-18(30)16(28)17(29)20(36-23)22(31)32)19(15)35-21(24)12(27)5-6-25(24,33)14(26)10-11/h2-4,12,14,16-18,20-21,23,27-30,33H,1,5-10H2,(H,31,32)/t12-,14+,16-,17-,18+,20-,21-,23+,24-,25+/m0/s1. The summed E-state index contributed by atoms with van der Waals surface area (Å²) in [6.07, 6.45) is -6.57. The molecular weight excluding hydrogens is 474 g/mol. The van der Waals surface area contributed by atoms with Crippen molar-refractivity contribution in [2.45, 2.75) is 85.7 Å². The number of aliphatic hydroxyl groups excluding tert-OH is 4. The highest BCUT2D eigenvalue weighted by atomic mass is 16.7. The zero-order chi connectivity index (χ0) is 25.6. The van der Waals surface area contributed by atoms with Gasteiger partial charge in [-0.25, -0.2) is 4.79 Å². The molecule has 1 aromatic carbocycles. The third kappa shape index (κ3) is 2.96. The number of hydrogen-bond donors (Lipinski definition) is 6. The van der Waals surface area contributed by atoms with Crippen LogP contribution in [0.1, 0.15) is 30.4 Å². The largest absolute Gasteiger partial charge is 0.482 e. The van der Waals surface area contributed by atoms with Gasteiger partial charge in [-0.15, -0.1) is 6.58 Å². The van der Waals surface area contributed by atoms with E-state index in [4.69, 9.17) is 14.2 Å². The Labute approximate surface area is 207 Å². The van der Waals surface area contributed by atoms with Gasteiger partial charge in [0.2, 0.25) is 6.29 Å². The molecule has 2 saturated heterocycles. The van der Waals surface area contributed by atoms with Crippen molar-refractivity contribution < 1.29 is 49.6 Å². The van der Waals surface area contributed by atoms with Crippen molar-refractivity contribution >= 4 is 5.97 Å². The normalized spacial score (nSPS) is 44.9. The lowest BCUT2D eigenvalue weighted by Crippen LogP contribution is -2.77. The van der Waals surface area contributed by atoms with Gasteiger partial charge < -0.3 is 44.8 Å². The topological polar surface area (TPSA) is 169 Å². The van der Waals surface area contributed by atoms with Crippen LogP contribution in [0, 0.1) is 0 Å². The molecule has 11 heteroatoms. The van der Waals surface area contributed by atoms with Gasteiger partial charge >= 0.3 is 5.97 Å². The number of aliphatic hydroxyl groups is 5. The lowest BCUT2D eigenvalue weighted by atomic mass is 9.48. The molecule has 11 nitrogen and oxygen atoms in total. The average Bonchev–Trinajstić information content (AvgIpc) is 3.20. The van der Waals surface area contributed by atoms with E-state index in [-0.39, 0.29) is 11.8 Å². The number of ether oxygens (including phenoxy) is 3. The zero-order valence-corrected chi connectivity index (χ0v) is 19.6. The van der Waals surface area contributed by atoms with E-state index in [9.17, 15) is 35.4 Å². The summed E-state index contributed by atoms with van der Waals surface area (Å²) < 4.78 is 17.5. The van der Waals surface area contributed by atoms with Crippen LogP contribution in [0.2, 0.25) is 0 Å². The van der Waals surface area contributed by atoms with Gasteiger partial charge in [-0.2, -0.15) is 0 Å². The van der Waals surface area contributed by atoms with Gasteiger partial charge in [-0.1, -0.05) is 12.1 Å². The Morgan fingerprint density at radius 1 is 1.19 bits per heavy atom. The number of carboxylic acid groups (broad SMARTS) is 1. The number of nitrogens with zero attached hydrogens (tertiary/aromatic N) is 1. The van der Waals surface area contributed by atoms with E-state index in [0.717, 1.165) is 11.1 Å². The first-order valence-electron chi connectivity index (χ1n) is 12.3. The maximum absolute atomic E-state index is 12.2. The Kier molecular flexibility index (Phi) is 5.44. The van der Waals surface area contributed by atoms with Crippen LogP contribution in [-0.4, -0.2) is 109 Å². The highest BCUT2D eigenvalue weighted by Crippen LogP contribution is 2.65. The van der Waals surface area contributed by atoms with Crippen molar-refractivity contribution in [2.75, 3.05) is 13.1 Å². The summed E-state index contributed by atoms with van der Waals surface area (Å²) in [5.74, 6) is -1.06. The van der Waals surface area contributed by atoms with Crippen molar-refractivity contribution in [3.8, 4) is 11.5 Å². The summed E-state index contributed by atoms with van der Waals surface area (Å²) in [6.45, 7) is 5.18. The van der Waals surface area contributed by atoms with Gasteiger partial charge in [0.15, 0.2) is 17.6 Å². The maximum Gasteiger partial charge on any atom is 0.335 e. The van der Waals surface area contributed by atoms with E-state index in [1.807, 2.05) is 12.1 Å². The molecular formula is C25H31NO10. The fourth-order valence-corrected chi connectivity index (χ4v) is 7.35. The van der Waals surface area contributed by atoms with E-state index < -0.39 is 59.9 Å². The predicted molar refractivity (Wildman–Crippen MR) is 122 cm³/mol. The number of carbonyl (C=O) groups is 1. The molecule has 3 aliphatic heterocycles. The van der Waals surface area contributed by atoms with Crippen molar-refractivity contribution in [1.29, 1.82) is 0 Å². The molecule has 10 atom stereocenters. The second-order valence-electron chi connectivity index (χ2n) is 10.6. The minimum atomic E-state index is -1.84. The minimum absolute atomic E-state index is 0.135. The van der Waals surface area contributed by atoms with E-state index in [1.54, 1.807) is 6.07 Å². The van der Waals surface area contributed by atoms with Crippen LogP contribution in [0.3, 0.4) is 0 Å². The first-order chi connectivity index (χ1) is 17.1. The summed E-state index contributed by atoms with van der Waals surface area (Å²) >= 11 is 0. The smallest absolute Gasteiger partial charge is 0.335 e. The van der Waals surface area contributed by atoms with Crippen LogP contribution in [-0.2, 0) is 21.4 Å². The predicted octanol–water partition coefficient (Wildman–Crippen LogP) is -1.34. The third-order valence-electron chi connectivity index (χ3n) is 8.95. The van der Waals surface area contributed by atoms with Crippen LogP contribution >= 0.6 is 0 Å². The van der Waals surface area contributed by atoms with Crippen LogP contribution in [0.25, 0.3) is 0 Å².